The Morgan fingerprint density at radius 1 is 0.929 bits per heavy atom. The van der Waals surface area contributed by atoms with Crippen molar-refractivity contribution in [1.29, 1.82) is 0 Å². The number of carbonyl (C=O) groups is 1. The van der Waals surface area contributed by atoms with Crippen LogP contribution in [-0.4, -0.2) is 61.9 Å². The number of hydrogen-bond donors (Lipinski definition) is 0. The highest BCUT2D eigenvalue weighted by Gasteiger charge is 2.22. The van der Waals surface area contributed by atoms with Crippen LogP contribution in [-0.2, 0) is 11.3 Å². The van der Waals surface area contributed by atoms with Crippen molar-refractivity contribution in [3.63, 3.8) is 0 Å². The second-order valence-electron chi connectivity index (χ2n) is 6.40. The predicted octanol–water partition coefficient (Wildman–Crippen LogP) is 0.444. The van der Waals surface area contributed by atoms with E-state index in [1.54, 1.807) is 23.4 Å². The van der Waals surface area contributed by atoms with Crippen LogP contribution in [0.25, 0.3) is 11.3 Å². The van der Waals surface area contributed by atoms with E-state index in [2.05, 4.69) is 25.2 Å². The number of amides is 1. The second kappa shape index (κ2) is 7.95. The summed E-state index contributed by atoms with van der Waals surface area (Å²) in [4.78, 5) is 32.0. The Labute approximate surface area is 161 Å². The molecule has 3 aromatic heterocycles. The van der Waals surface area contributed by atoms with Gasteiger partial charge in [-0.15, -0.1) is 10.2 Å². The van der Waals surface area contributed by atoms with Crippen molar-refractivity contribution in [2.75, 3.05) is 31.1 Å². The van der Waals surface area contributed by atoms with E-state index in [0.717, 1.165) is 17.1 Å². The highest BCUT2D eigenvalue weighted by atomic mass is 16.2. The average Bonchev–Trinajstić information content (AvgIpc) is 2.76. The summed E-state index contributed by atoms with van der Waals surface area (Å²) < 4.78 is 1.18. The van der Waals surface area contributed by atoms with Crippen molar-refractivity contribution in [2.24, 2.45) is 0 Å². The van der Waals surface area contributed by atoms with E-state index in [1.807, 2.05) is 24.3 Å². The lowest BCUT2D eigenvalue weighted by atomic mass is 10.2. The molecule has 0 radical (unpaired) electrons. The lowest BCUT2D eigenvalue weighted by Crippen LogP contribution is -2.50. The van der Waals surface area contributed by atoms with E-state index in [0.29, 0.717) is 26.2 Å². The fraction of sp³-hybridized carbons (Fsp3) is 0.263. The lowest BCUT2D eigenvalue weighted by molar-refractivity contribution is -0.132. The van der Waals surface area contributed by atoms with Crippen LogP contribution in [0.3, 0.4) is 0 Å². The largest absolute Gasteiger partial charge is 0.352 e. The normalized spacial score (nSPS) is 14.1. The van der Waals surface area contributed by atoms with Gasteiger partial charge in [0.15, 0.2) is 5.82 Å². The molecule has 4 heterocycles. The molecule has 9 heteroatoms. The molecule has 1 aliphatic heterocycles. The number of nitrogens with zero attached hydrogens (tertiary/aromatic N) is 7. The Bertz CT molecular complexity index is 997. The van der Waals surface area contributed by atoms with Crippen molar-refractivity contribution >= 4 is 11.7 Å². The van der Waals surface area contributed by atoms with Crippen LogP contribution in [0.2, 0.25) is 0 Å². The predicted molar refractivity (Wildman–Crippen MR) is 103 cm³/mol. The highest BCUT2D eigenvalue weighted by molar-refractivity contribution is 5.76. The standard InChI is InChI=1S/C19H19N7O2/c27-18-2-1-7-21-26(18)14-19(28)25-12-10-24(11-13-25)17-4-3-16(22-23-17)15-5-8-20-9-6-15/h1-9H,10-14H2. The number of rotatable bonds is 4. The summed E-state index contributed by atoms with van der Waals surface area (Å²) >= 11 is 0. The van der Waals surface area contributed by atoms with Crippen LogP contribution in [0.15, 0.2) is 59.8 Å². The summed E-state index contributed by atoms with van der Waals surface area (Å²) in [7, 11) is 0. The fourth-order valence-corrected chi connectivity index (χ4v) is 3.09. The first-order valence-electron chi connectivity index (χ1n) is 9.00. The van der Waals surface area contributed by atoms with Crippen LogP contribution in [0.5, 0.6) is 0 Å². The molecule has 4 rings (SSSR count). The van der Waals surface area contributed by atoms with Crippen LogP contribution in [0.4, 0.5) is 5.82 Å². The van der Waals surface area contributed by atoms with Crippen molar-refractivity contribution in [2.45, 2.75) is 6.54 Å². The number of hydrogen-bond acceptors (Lipinski definition) is 7. The van der Waals surface area contributed by atoms with E-state index < -0.39 is 0 Å². The molecule has 0 unspecified atom stereocenters. The maximum Gasteiger partial charge on any atom is 0.267 e. The molecule has 0 N–H and O–H groups in total. The molecule has 1 fully saturated rings. The van der Waals surface area contributed by atoms with Crippen LogP contribution < -0.4 is 10.5 Å². The summed E-state index contributed by atoms with van der Waals surface area (Å²) in [5.41, 5.74) is 1.48. The smallest absolute Gasteiger partial charge is 0.267 e. The van der Waals surface area contributed by atoms with Crippen LogP contribution in [0.1, 0.15) is 0 Å². The van der Waals surface area contributed by atoms with Gasteiger partial charge in [-0.1, -0.05) is 0 Å². The third kappa shape index (κ3) is 3.88. The molecule has 142 valence electrons. The van der Waals surface area contributed by atoms with Gasteiger partial charge in [0.1, 0.15) is 6.54 Å². The van der Waals surface area contributed by atoms with E-state index in [9.17, 15) is 9.59 Å². The van der Waals surface area contributed by atoms with Crippen molar-refractivity contribution < 1.29 is 4.79 Å². The summed E-state index contributed by atoms with van der Waals surface area (Å²) in [5.74, 6) is 0.672. The first-order chi connectivity index (χ1) is 13.7. The molecule has 9 nitrogen and oxygen atoms in total. The Kier molecular flexibility index (Phi) is 5.05. The molecule has 1 saturated heterocycles. The Hall–Kier alpha value is -3.62. The van der Waals surface area contributed by atoms with Gasteiger partial charge in [-0.2, -0.15) is 5.10 Å². The van der Waals surface area contributed by atoms with Gasteiger partial charge in [-0.05, 0) is 30.3 Å². The zero-order chi connectivity index (χ0) is 19.3. The van der Waals surface area contributed by atoms with E-state index >= 15 is 0 Å². The molecule has 3 aromatic rings. The van der Waals surface area contributed by atoms with Gasteiger partial charge in [-0.3, -0.25) is 14.6 Å². The SMILES string of the molecule is O=C(Cn1ncccc1=O)N1CCN(c2ccc(-c3ccncc3)nn2)CC1. The van der Waals surface area contributed by atoms with Crippen LogP contribution in [0, 0.1) is 0 Å². The van der Waals surface area contributed by atoms with Crippen LogP contribution >= 0.6 is 0 Å². The summed E-state index contributed by atoms with van der Waals surface area (Å²) in [6.45, 7) is 2.40. The van der Waals surface area contributed by atoms with Gasteiger partial charge in [0, 0.05) is 56.4 Å². The Morgan fingerprint density at radius 3 is 2.39 bits per heavy atom. The number of carbonyl (C=O) groups excluding carboxylic acids is 1. The fourth-order valence-electron chi connectivity index (χ4n) is 3.09. The van der Waals surface area contributed by atoms with Crippen molar-refractivity contribution in [3.8, 4) is 11.3 Å². The molecule has 28 heavy (non-hydrogen) atoms. The third-order valence-corrected chi connectivity index (χ3v) is 4.65. The molecule has 0 bridgehead atoms. The molecule has 1 aliphatic rings. The molecule has 1 amide bonds. The van der Waals surface area contributed by atoms with Gasteiger partial charge in [0.2, 0.25) is 5.91 Å². The number of piperazine rings is 1. The van der Waals surface area contributed by atoms with Crippen molar-refractivity contribution in [3.05, 3.63) is 65.3 Å². The Morgan fingerprint density at radius 2 is 1.71 bits per heavy atom. The summed E-state index contributed by atoms with van der Waals surface area (Å²) in [5, 5.41) is 12.6. The Balaban J connectivity index is 1.35. The van der Waals surface area contributed by atoms with E-state index in [4.69, 9.17) is 0 Å². The first-order valence-corrected chi connectivity index (χ1v) is 9.00. The molecular weight excluding hydrogens is 358 g/mol. The van der Waals surface area contributed by atoms with Gasteiger partial charge in [0.05, 0.1) is 5.69 Å². The lowest BCUT2D eigenvalue weighted by Gasteiger charge is -2.35. The molecule has 0 atom stereocenters. The maximum atomic E-state index is 12.4. The second-order valence-corrected chi connectivity index (χ2v) is 6.40. The number of anilines is 1. The van der Waals surface area contributed by atoms with E-state index in [1.165, 1.54) is 16.9 Å². The van der Waals surface area contributed by atoms with Gasteiger partial charge < -0.3 is 9.80 Å². The zero-order valence-corrected chi connectivity index (χ0v) is 15.2. The summed E-state index contributed by atoms with van der Waals surface area (Å²) in [6, 6.07) is 10.6. The van der Waals surface area contributed by atoms with Gasteiger partial charge in [-0.25, -0.2) is 4.68 Å². The van der Waals surface area contributed by atoms with Gasteiger partial charge in [0.25, 0.3) is 5.56 Å². The van der Waals surface area contributed by atoms with Gasteiger partial charge >= 0.3 is 0 Å². The molecule has 0 aliphatic carbocycles. The molecule has 0 saturated carbocycles. The zero-order valence-electron chi connectivity index (χ0n) is 15.2. The monoisotopic (exact) mass is 377 g/mol. The minimum atomic E-state index is -0.279. The number of pyridine rings is 1. The maximum absolute atomic E-state index is 12.4. The molecule has 0 aromatic carbocycles. The molecule has 0 spiro atoms. The number of aromatic nitrogens is 5. The van der Waals surface area contributed by atoms with Crippen molar-refractivity contribution in [1.82, 2.24) is 29.9 Å². The van der Waals surface area contributed by atoms with E-state index in [-0.39, 0.29) is 18.0 Å². The third-order valence-electron chi connectivity index (χ3n) is 4.65. The topological polar surface area (TPSA) is 97.1 Å². The minimum absolute atomic E-state index is 0.0416. The first kappa shape index (κ1) is 17.8. The average molecular weight is 377 g/mol. The minimum Gasteiger partial charge on any atom is -0.352 e. The quantitative estimate of drug-likeness (QED) is 0.651. The highest BCUT2D eigenvalue weighted by Crippen LogP contribution is 2.18. The summed E-state index contributed by atoms with van der Waals surface area (Å²) in [6.07, 6.45) is 4.95. The molecular formula is C19H19N7O2.